The van der Waals surface area contributed by atoms with Gasteiger partial charge in [-0.25, -0.2) is 4.79 Å². The Balaban J connectivity index is 1.95. The number of benzene rings is 1. The van der Waals surface area contributed by atoms with Gasteiger partial charge >= 0.3 is 11.9 Å². The molecular weight excluding hydrogens is 526 g/mol. The molecule has 1 aliphatic rings. The second-order valence-electron chi connectivity index (χ2n) is 9.50. The summed E-state index contributed by atoms with van der Waals surface area (Å²) >= 11 is 0. The van der Waals surface area contributed by atoms with Crippen LogP contribution < -0.4 is 21.7 Å². The van der Waals surface area contributed by atoms with Crippen LogP contribution in [0.4, 0.5) is 0 Å². The molecule has 0 aliphatic carbocycles. The first kappa shape index (κ1) is 31.7. The number of carbonyl (C=O) groups is 7. The van der Waals surface area contributed by atoms with Crippen LogP contribution >= 0.6 is 0 Å². The third-order valence-corrected chi connectivity index (χ3v) is 6.20. The molecule has 14 heteroatoms. The summed E-state index contributed by atoms with van der Waals surface area (Å²) in [5.74, 6) is -5.77. The number of aliphatic carboxylic acids is 2. The van der Waals surface area contributed by atoms with Crippen molar-refractivity contribution in [3.63, 3.8) is 0 Å². The first-order valence-electron chi connectivity index (χ1n) is 12.9. The van der Waals surface area contributed by atoms with Crippen molar-refractivity contribution in [3.8, 4) is 0 Å². The van der Waals surface area contributed by atoms with Gasteiger partial charge in [0, 0.05) is 25.8 Å². The zero-order chi connectivity index (χ0) is 29.7. The normalized spacial score (nSPS) is 16.4. The van der Waals surface area contributed by atoms with E-state index in [2.05, 4.69) is 16.0 Å². The summed E-state index contributed by atoms with van der Waals surface area (Å²) in [6.07, 6.45) is 0.907. The van der Waals surface area contributed by atoms with E-state index < -0.39 is 72.6 Å². The molecule has 1 aromatic rings. The van der Waals surface area contributed by atoms with Gasteiger partial charge in [0.05, 0.1) is 13.0 Å². The standard InChI is InChI=1S/C26H35N5O9/c27-20(32)14-18(24(37)30-19(26(39)40)13-16-7-2-1-3-8-16)29-22(34)15-31-12-6-9-17(25(31)38)28-21(33)10-4-5-11-23(35)36/h1-3,7-8,17-19H,4-6,9-15H2,(H2,27,32)(H,28,33)(H,29,34)(H,30,37)(H,35,36)(H,39,40)/t17?,18-,19-/m0/s1. The topological polar surface area (TPSA) is 225 Å². The molecule has 1 aliphatic heterocycles. The Kier molecular flexibility index (Phi) is 12.5. The molecule has 1 saturated heterocycles. The maximum atomic E-state index is 12.8. The zero-order valence-electron chi connectivity index (χ0n) is 22.0. The number of nitrogens with zero attached hydrogens (tertiary/aromatic N) is 1. The second-order valence-corrected chi connectivity index (χ2v) is 9.50. The van der Waals surface area contributed by atoms with Crippen LogP contribution in [0.15, 0.2) is 30.3 Å². The molecule has 2 rings (SSSR count). The van der Waals surface area contributed by atoms with E-state index in [1.165, 1.54) is 4.90 Å². The molecule has 1 fully saturated rings. The van der Waals surface area contributed by atoms with Crippen LogP contribution in [0, 0.1) is 0 Å². The maximum absolute atomic E-state index is 12.8. The number of rotatable bonds is 16. The average Bonchev–Trinajstić information content (AvgIpc) is 2.88. The van der Waals surface area contributed by atoms with Crippen LogP contribution in [0.2, 0.25) is 0 Å². The lowest BCUT2D eigenvalue weighted by molar-refractivity contribution is -0.143. The Morgan fingerprint density at radius 1 is 0.950 bits per heavy atom. The number of hydrogen-bond donors (Lipinski definition) is 6. The first-order valence-corrected chi connectivity index (χ1v) is 12.9. The number of amides is 5. The molecule has 1 unspecified atom stereocenters. The lowest BCUT2D eigenvalue weighted by Crippen LogP contribution is -2.57. The van der Waals surface area contributed by atoms with Crippen LogP contribution in [0.1, 0.15) is 50.5 Å². The predicted molar refractivity (Wildman–Crippen MR) is 139 cm³/mol. The van der Waals surface area contributed by atoms with E-state index in [1.807, 2.05) is 0 Å². The summed E-state index contributed by atoms with van der Waals surface area (Å²) in [5.41, 5.74) is 5.88. The van der Waals surface area contributed by atoms with Gasteiger partial charge in [0.1, 0.15) is 18.1 Å². The fourth-order valence-corrected chi connectivity index (χ4v) is 4.21. The maximum Gasteiger partial charge on any atom is 0.326 e. The predicted octanol–water partition coefficient (Wildman–Crippen LogP) is -1.09. The van der Waals surface area contributed by atoms with E-state index in [-0.39, 0.29) is 25.8 Å². The molecule has 7 N–H and O–H groups in total. The Labute approximate surface area is 230 Å². The van der Waals surface area contributed by atoms with Gasteiger partial charge in [0.2, 0.25) is 29.5 Å². The Hall–Kier alpha value is -4.49. The quantitative estimate of drug-likeness (QED) is 0.135. The van der Waals surface area contributed by atoms with E-state index in [0.29, 0.717) is 31.2 Å². The molecule has 1 heterocycles. The number of hydrogen-bond acceptors (Lipinski definition) is 7. The number of carboxylic acid groups (broad SMARTS) is 2. The van der Waals surface area contributed by atoms with Gasteiger partial charge in [0.25, 0.3) is 0 Å². The van der Waals surface area contributed by atoms with Crippen molar-refractivity contribution in [2.75, 3.05) is 13.1 Å². The number of carboxylic acids is 2. The van der Waals surface area contributed by atoms with Gasteiger partial charge < -0.3 is 36.8 Å². The minimum absolute atomic E-state index is 0.0336. The number of unbranched alkanes of at least 4 members (excludes halogenated alkanes) is 1. The molecule has 1 aromatic carbocycles. The monoisotopic (exact) mass is 561 g/mol. The number of nitrogens with one attached hydrogen (secondary N) is 3. The minimum Gasteiger partial charge on any atom is -0.481 e. The van der Waals surface area contributed by atoms with Crippen molar-refractivity contribution in [1.82, 2.24) is 20.9 Å². The van der Waals surface area contributed by atoms with Crippen molar-refractivity contribution in [1.29, 1.82) is 0 Å². The molecule has 0 saturated carbocycles. The fourth-order valence-electron chi connectivity index (χ4n) is 4.21. The van der Waals surface area contributed by atoms with E-state index in [0.717, 1.165) is 0 Å². The van der Waals surface area contributed by atoms with Gasteiger partial charge in [0.15, 0.2) is 0 Å². The summed E-state index contributed by atoms with van der Waals surface area (Å²) in [4.78, 5) is 85.6. The molecule has 14 nitrogen and oxygen atoms in total. The van der Waals surface area contributed by atoms with Gasteiger partial charge in [-0.1, -0.05) is 30.3 Å². The minimum atomic E-state index is -1.47. The second kappa shape index (κ2) is 15.8. The van der Waals surface area contributed by atoms with Gasteiger partial charge in [-0.3, -0.25) is 28.8 Å². The third-order valence-electron chi connectivity index (χ3n) is 6.20. The zero-order valence-corrected chi connectivity index (χ0v) is 22.0. The van der Waals surface area contributed by atoms with E-state index in [4.69, 9.17) is 10.8 Å². The molecule has 0 aromatic heterocycles. The van der Waals surface area contributed by atoms with Crippen LogP contribution in [-0.4, -0.2) is 87.8 Å². The SMILES string of the molecule is NC(=O)C[C@H](NC(=O)CN1CCCC(NC(=O)CCCCC(=O)O)C1=O)C(=O)N[C@@H](Cc1ccccc1)C(=O)O. The summed E-state index contributed by atoms with van der Waals surface area (Å²) < 4.78 is 0. The number of nitrogens with two attached hydrogens (primary N) is 1. The highest BCUT2D eigenvalue weighted by Crippen LogP contribution is 2.13. The van der Waals surface area contributed by atoms with Crippen molar-refractivity contribution in [2.24, 2.45) is 5.73 Å². The summed E-state index contributed by atoms with van der Waals surface area (Å²) in [6.45, 7) is -0.235. The van der Waals surface area contributed by atoms with Crippen LogP contribution in [0.3, 0.4) is 0 Å². The highest BCUT2D eigenvalue weighted by Gasteiger charge is 2.33. The van der Waals surface area contributed by atoms with Gasteiger partial charge in [-0.05, 0) is 31.2 Å². The molecule has 0 spiro atoms. The molecule has 0 radical (unpaired) electrons. The smallest absolute Gasteiger partial charge is 0.326 e. The summed E-state index contributed by atoms with van der Waals surface area (Å²) in [6, 6.07) is 4.91. The molecule has 0 bridgehead atoms. The van der Waals surface area contributed by atoms with E-state index in [1.54, 1.807) is 30.3 Å². The molecular formula is C26H35N5O9. The average molecular weight is 562 g/mol. The number of likely N-dealkylation sites (tertiary alicyclic amines) is 1. The van der Waals surface area contributed by atoms with Crippen LogP contribution in [-0.2, 0) is 40.0 Å². The van der Waals surface area contributed by atoms with Crippen LogP contribution in [0.5, 0.6) is 0 Å². The number of piperidine rings is 1. The number of primary amides is 1. The largest absolute Gasteiger partial charge is 0.481 e. The lowest BCUT2D eigenvalue weighted by Gasteiger charge is -2.32. The first-order chi connectivity index (χ1) is 19.0. The van der Waals surface area contributed by atoms with E-state index in [9.17, 15) is 38.7 Å². The molecule has 218 valence electrons. The third kappa shape index (κ3) is 11.1. The van der Waals surface area contributed by atoms with Gasteiger partial charge in [-0.2, -0.15) is 0 Å². The highest BCUT2D eigenvalue weighted by molar-refractivity contribution is 5.95. The molecule has 3 atom stereocenters. The van der Waals surface area contributed by atoms with Crippen molar-refractivity contribution in [3.05, 3.63) is 35.9 Å². The molecule has 40 heavy (non-hydrogen) atoms. The van der Waals surface area contributed by atoms with Crippen molar-refractivity contribution < 1.29 is 43.8 Å². The van der Waals surface area contributed by atoms with Gasteiger partial charge in [-0.15, -0.1) is 0 Å². The molecule has 5 amide bonds. The Morgan fingerprint density at radius 2 is 1.62 bits per heavy atom. The van der Waals surface area contributed by atoms with Crippen LogP contribution in [0.25, 0.3) is 0 Å². The number of carbonyl (C=O) groups excluding carboxylic acids is 5. The lowest BCUT2D eigenvalue weighted by atomic mass is 10.0. The Bertz CT molecular complexity index is 1100. The summed E-state index contributed by atoms with van der Waals surface area (Å²) in [7, 11) is 0. The van der Waals surface area contributed by atoms with Crippen molar-refractivity contribution in [2.45, 2.75) is 69.5 Å². The Morgan fingerprint density at radius 3 is 2.25 bits per heavy atom. The summed E-state index contributed by atoms with van der Waals surface area (Å²) in [5, 5.41) is 25.5. The fraction of sp³-hybridized carbons (Fsp3) is 0.500. The van der Waals surface area contributed by atoms with Crippen molar-refractivity contribution >= 4 is 41.5 Å². The van der Waals surface area contributed by atoms with E-state index >= 15 is 0 Å². The highest BCUT2D eigenvalue weighted by atomic mass is 16.4.